The number of fused-ring (bicyclic) bond motifs is 2. The van der Waals surface area contributed by atoms with Crippen molar-refractivity contribution in [2.24, 2.45) is 0 Å². The monoisotopic (exact) mass is 340 g/mol. The zero-order valence-corrected chi connectivity index (χ0v) is 15.6. The summed E-state index contributed by atoms with van der Waals surface area (Å²) in [5.74, 6) is 0. The van der Waals surface area contributed by atoms with E-state index < -0.39 is 0 Å². The third-order valence-electron chi connectivity index (χ3n) is 6.64. The minimum Gasteiger partial charge on any atom is -0.381 e. The first-order valence-corrected chi connectivity index (χ1v) is 10.1. The first-order chi connectivity index (χ1) is 12.3. The molecule has 4 rings (SSSR count). The summed E-state index contributed by atoms with van der Waals surface area (Å²) in [5.41, 5.74) is 3.33. The van der Waals surface area contributed by atoms with E-state index in [4.69, 9.17) is 4.74 Å². The second-order valence-corrected chi connectivity index (χ2v) is 8.05. The number of hydrogen-bond acceptors (Lipinski definition) is 3. The topological polar surface area (TPSA) is 15.7 Å². The molecule has 2 fully saturated rings. The number of benzene rings is 1. The normalized spacial score (nSPS) is 24.0. The number of rotatable bonds is 5. The minimum absolute atomic E-state index is 0.329. The molecule has 0 unspecified atom stereocenters. The fraction of sp³-hybridized carbons (Fsp3) is 0.636. The van der Waals surface area contributed by atoms with Gasteiger partial charge in [-0.15, -0.1) is 0 Å². The van der Waals surface area contributed by atoms with E-state index in [2.05, 4.69) is 46.2 Å². The zero-order valence-electron chi connectivity index (χ0n) is 15.6. The molecule has 0 aromatic heterocycles. The number of ether oxygens (including phenoxy) is 1. The number of nitrogens with zero attached hydrogens (tertiary/aromatic N) is 2. The van der Waals surface area contributed by atoms with Crippen LogP contribution in [-0.2, 0) is 10.2 Å². The Hall–Kier alpha value is -1.16. The summed E-state index contributed by atoms with van der Waals surface area (Å²) >= 11 is 0. The molecule has 2 aliphatic heterocycles. The third-order valence-corrected chi connectivity index (χ3v) is 6.64. The van der Waals surface area contributed by atoms with Gasteiger partial charge in [0.25, 0.3) is 0 Å². The highest BCUT2D eigenvalue weighted by Crippen LogP contribution is 2.43. The Kier molecular flexibility index (Phi) is 5.25. The average Bonchev–Trinajstić information content (AvgIpc) is 3.03. The van der Waals surface area contributed by atoms with Gasteiger partial charge < -0.3 is 14.5 Å². The third kappa shape index (κ3) is 3.69. The Morgan fingerprint density at radius 2 is 1.68 bits per heavy atom. The second kappa shape index (κ2) is 7.61. The van der Waals surface area contributed by atoms with Crippen LogP contribution in [0, 0.1) is 0 Å². The van der Waals surface area contributed by atoms with Gasteiger partial charge >= 0.3 is 0 Å². The number of likely N-dealkylation sites (tertiary alicyclic amines) is 2. The molecule has 1 spiro atoms. The lowest BCUT2D eigenvalue weighted by molar-refractivity contribution is 0.0397. The Labute approximate surface area is 152 Å². The van der Waals surface area contributed by atoms with Gasteiger partial charge in [-0.3, -0.25) is 0 Å². The van der Waals surface area contributed by atoms with Crippen molar-refractivity contribution in [2.45, 2.75) is 43.6 Å². The fourth-order valence-electron chi connectivity index (χ4n) is 4.93. The summed E-state index contributed by atoms with van der Waals surface area (Å²) in [7, 11) is 1.85. The van der Waals surface area contributed by atoms with E-state index in [1.54, 1.807) is 5.56 Å². The summed E-state index contributed by atoms with van der Waals surface area (Å²) in [5, 5.41) is 0. The lowest BCUT2D eigenvalue weighted by atomic mass is 9.74. The summed E-state index contributed by atoms with van der Waals surface area (Å²) < 4.78 is 5.47. The van der Waals surface area contributed by atoms with Gasteiger partial charge in [0.15, 0.2) is 0 Å². The van der Waals surface area contributed by atoms with Crippen LogP contribution >= 0.6 is 0 Å². The summed E-state index contributed by atoms with van der Waals surface area (Å²) in [4.78, 5) is 5.30. The molecular weight excluding hydrogens is 308 g/mol. The number of piperidine rings is 2. The molecule has 0 radical (unpaired) electrons. The summed E-state index contributed by atoms with van der Waals surface area (Å²) in [6.45, 7) is 7.41. The molecule has 0 bridgehead atoms. The Balaban J connectivity index is 1.21. The zero-order chi connectivity index (χ0) is 17.1. The number of hydrogen-bond donors (Lipinski definition) is 0. The van der Waals surface area contributed by atoms with Crippen LogP contribution in [-0.4, -0.2) is 62.3 Å². The maximum atomic E-state index is 5.47. The number of allylic oxidation sites excluding steroid dienone is 1. The molecule has 25 heavy (non-hydrogen) atoms. The lowest BCUT2D eigenvalue weighted by Crippen LogP contribution is -2.42. The molecule has 0 N–H and O–H groups in total. The summed E-state index contributed by atoms with van der Waals surface area (Å²) in [6, 6.07) is 8.97. The highest BCUT2D eigenvalue weighted by molar-refractivity contribution is 5.65. The van der Waals surface area contributed by atoms with Crippen LogP contribution in [0.15, 0.2) is 30.3 Å². The van der Waals surface area contributed by atoms with E-state index in [-0.39, 0.29) is 0 Å². The van der Waals surface area contributed by atoms with E-state index in [0.29, 0.717) is 11.5 Å². The fourth-order valence-corrected chi connectivity index (χ4v) is 4.93. The van der Waals surface area contributed by atoms with Crippen molar-refractivity contribution in [2.75, 3.05) is 46.4 Å². The van der Waals surface area contributed by atoms with Crippen molar-refractivity contribution in [1.29, 1.82) is 0 Å². The largest absolute Gasteiger partial charge is 0.381 e. The molecule has 2 saturated heterocycles. The molecule has 0 atom stereocenters. The molecule has 3 aliphatic rings. The van der Waals surface area contributed by atoms with Crippen molar-refractivity contribution in [3.8, 4) is 0 Å². The van der Waals surface area contributed by atoms with E-state index in [0.717, 1.165) is 0 Å². The van der Waals surface area contributed by atoms with E-state index in [1.807, 2.05) is 7.11 Å². The maximum Gasteiger partial charge on any atom is 0.0595 e. The van der Waals surface area contributed by atoms with Crippen LogP contribution in [0.3, 0.4) is 0 Å². The molecule has 1 aromatic carbocycles. The first-order valence-electron chi connectivity index (χ1n) is 10.1. The second-order valence-electron chi connectivity index (χ2n) is 8.05. The predicted molar refractivity (Wildman–Crippen MR) is 104 cm³/mol. The van der Waals surface area contributed by atoms with Crippen LogP contribution in [0.4, 0.5) is 0 Å². The molecule has 136 valence electrons. The molecule has 0 saturated carbocycles. The van der Waals surface area contributed by atoms with Gasteiger partial charge in [-0.05, 0) is 69.4 Å². The predicted octanol–water partition coefficient (Wildman–Crippen LogP) is 3.55. The molecule has 1 aliphatic carbocycles. The van der Waals surface area contributed by atoms with E-state index in [9.17, 15) is 0 Å². The van der Waals surface area contributed by atoms with E-state index >= 15 is 0 Å². The molecule has 2 heterocycles. The van der Waals surface area contributed by atoms with Gasteiger partial charge in [0.2, 0.25) is 0 Å². The molecule has 3 heteroatoms. The van der Waals surface area contributed by atoms with Crippen LogP contribution in [0.25, 0.3) is 6.08 Å². The Morgan fingerprint density at radius 3 is 2.40 bits per heavy atom. The Morgan fingerprint density at radius 1 is 1.00 bits per heavy atom. The van der Waals surface area contributed by atoms with Crippen molar-refractivity contribution < 1.29 is 4.74 Å². The Bertz CT molecular complexity index is 596. The maximum absolute atomic E-state index is 5.47. The molecular formula is C22H32N2O. The smallest absolute Gasteiger partial charge is 0.0595 e. The summed E-state index contributed by atoms with van der Waals surface area (Å²) in [6.07, 6.45) is 11.6. The van der Waals surface area contributed by atoms with Crippen molar-refractivity contribution in [3.05, 3.63) is 41.5 Å². The molecule has 3 nitrogen and oxygen atoms in total. The molecule has 0 amide bonds. The van der Waals surface area contributed by atoms with Gasteiger partial charge in [-0.25, -0.2) is 0 Å². The van der Waals surface area contributed by atoms with Gasteiger partial charge in [-0.2, -0.15) is 0 Å². The first kappa shape index (κ1) is 17.3. The van der Waals surface area contributed by atoms with Gasteiger partial charge in [0, 0.05) is 25.6 Å². The van der Waals surface area contributed by atoms with Crippen LogP contribution in [0.2, 0.25) is 0 Å². The van der Waals surface area contributed by atoms with Gasteiger partial charge in [-0.1, -0.05) is 36.4 Å². The van der Waals surface area contributed by atoms with Gasteiger partial charge in [0.05, 0.1) is 6.10 Å². The molecule has 1 aromatic rings. The van der Waals surface area contributed by atoms with Crippen LogP contribution in [0.1, 0.15) is 43.2 Å². The number of methoxy groups -OCH3 is 1. The van der Waals surface area contributed by atoms with Crippen molar-refractivity contribution >= 4 is 6.08 Å². The van der Waals surface area contributed by atoms with Crippen molar-refractivity contribution in [3.63, 3.8) is 0 Å². The van der Waals surface area contributed by atoms with Crippen LogP contribution in [0.5, 0.6) is 0 Å². The quantitative estimate of drug-likeness (QED) is 0.815. The highest BCUT2D eigenvalue weighted by Gasteiger charge is 2.37. The van der Waals surface area contributed by atoms with Gasteiger partial charge in [0.1, 0.15) is 0 Å². The van der Waals surface area contributed by atoms with Crippen molar-refractivity contribution in [1.82, 2.24) is 9.80 Å². The van der Waals surface area contributed by atoms with E-state index in [1.165, 1.54) is 76.9 Å². The SMILES string of the molecule is COC1CCN(CCCN2CCC3(C=Cc4ccccc43)CC2)CC1. The highest BCUT2D eigenvalue weighted by atomic mass is 16.5. The van der Waals surface area contributed by atoms with Crippen LogP contribution < -0.4 is 0 Å². The average molecular weight is 341 g/mol. The standard InChI is InChI=1S/C22H32N2O/c1-25-20-8-15-23(16-9-20)13-4-14-24-17-11-22(12-18-24)10-7-19-5-2-3-6-21(19)22/h2-3,5-7,10,20H,4,8-9,11-18H2,1H3. The lowest BCUT2D eigenvalue weighted by Gasteiger charge is -2.39. The minimum atomic E-state index is 0.329.